The number of carbonyl (C=O) groups excluding carboxylic acids is 3. The molecule has 4 amide bonds. The van der Waals surface area contributed by atoms with E-state index in [1.165, 1.54) is 12.1 Å². The maximum Gasteiger partial charge on any atom is 0.329 e. The molecule has 0 spiro atoms. The van der Waals surface area contributed by atoms with Gasteiger partial charge >= 0.3 is 6.03 Å². The first kappa shape index (κ1) is 25.4. The molecule has 0 unspecified atom stereocenters. The topological polar surface area (TPSA) is 97.0 Å². The average Bonchev–Trinajstić information content (AvgIpc) is 3.12. The second-order valence-electron chi connectivity index (χ2n) is 8.32. The molecule has 1 fully saturated rings. The van der Waals surface area contributed by atoms with Gasteiger partial charge in [-0.15, -0.1) is 0 Å². The molecule has 0 aliphatic carbocycles. The second kappa shape index (κ2) is 11.4. The van der Waals surface area contributed by atoms with Crippen LogP contribution in [0, 0.1) is 12.7 Å². The lowest BCUT2D eigenvalue weighted by atomic mass is 10.1. The predicted molar refractivity (Wildman–Crippen MR) is 136 cm³/mol. The van der Waals surface area contributed by atoms with Crippen LogP contribution in [-0.2, 0) is 16.2 Å². The van der Waals surface area contributed by atoms with Gasteiger partial charge in [-0.25, -0.2) is 14.1 Å². The lowest BCUT2D eigenvalue weighted by Gasteiger charge is -2.13. The third kappa shape index (κ3) is 6.32. The van der Waals surface area contributed by atoms with Crippen molar-refractivity contribution < 1.29 is 28.2 Å². The fraction of sp³-hybridized carbons (Fsp3) is 0.179. The minimum atomic E-state index is -0.689. The van der Waals surface area contributed by atoms with Crippen LogP contribution in [0.3, 0.4) is 0 Å². The van der Waals surface area contributed by atoms with Crippen molar-refractivity contribution in [1.29, 1.82) is 0 Å². The molecule has 190 valence electrons. The van der Waals surface area contributed by atoms with Crippen LogP contribution in [-0.4, -0.2) is 35.9 Å². The highest BCUT2D eigenvalue weighted by atomic mass is 19.1. The summed E-state index contributed by atoms with van der Waals surface area (Å²) in [5, 5.41) is 5.19. The molecule has 3 aromatic carbocycles. The highest BCUT2D eigenvalue weighted by Crippen LogP contribution is 2.30. The van der Waals surface area contributed by atoms with Crippen molar-refractivity contribution in [2.45, 2.75) is 20.5 Å². The molecule has 4 rings (SSSR count). The highest BCUT2D eigenvalue weighted by molar-refractivity contribution is 6.16. The molecule has 0 bridgehead atoms. The van der Waals surface area contributed by atoms with Crippen molar-refractivity contribution >= 4 is 29.6 Å². The summed E-state index contributed by atoms with van der Waals surface area (Å²) < 4.78 is 25.3. The van der Waals surface area contributed by atoms with Gasteiger partial charge < -0.3 is 20.1 Å². The SMILES string of the molecule is CCOc1cc(/C=C2/NC(=O)N(CC(=O)Nc3cccc(C)c3)C2=O)ccc1OCc1ccccc1F. The maximum absolute atomic E-state index is 13.9. The number of nitrogens with zero attached hydrogens (tertiary/aromatic N) is 1. The molecule has 0 radical (unpaired) electrons. The Morgan fingerprint density at radius 1 is 1.03 bits per heavy atom. The Balaban J connectivity index is 1.45. The largest absolute Gasteiger partial charge is 0.490 e. The van der Waals surface area contributed by atoms with Gasteiger partial charge in [-0.3, -0.25) is 9.59 Å². The van der Waals surface area contributed by atoms with Crippen molar-refractivity contribution in [2.75, 3.05) is 18.5 Å². The summed E-state index contributed by atoms with van der Waals surface area (Å²) in [4.78, 5) is 38.5. The number of anilines is 1. The van der Waals surface area contributed by atoms with Gasteiger partial charge in [0.15, 0.2) is 11.5 Å². The third-order valence-corrected chi connectivity index (χ3v) is 5.49. The number of urea groups is 1. The third-order valence-electron chi connectivity index (χ3n) is 5.49. The maximum atomic E-state index is 13.9. The Kier molecular flexibility index (Phi) is 7.83. The number of rotatable bonds is 9. The monoisotopic (exact) mass is 503 g/mol. The summed E-state index contributed by atoms with van der Waals surface area (Å²) in [6, 6.07) is 17.8. The van der Waals surface area contributed by atoms with Crippen LogP contribution in [0.5, 0.6) is 11.5 Å². The zero-order chi connectivity index (χ0) is 26.4. The molecule has 8 nitrogen and oxygen atoms in total. The van der Waals surface area contributed by atoms with Crippen molar-refractivity contribution in [1.82, 2.24) is 10.2 Å². The van der Waals surface area contributed by atoms with Crippen molar-refractivity contribution in [3.8, 4) is 11.5 Å². The molecule has 1 saturated heterocycles. The smallest absolute Gasteiger partial charge is 0.329 e. The number of imide groups is 1. The number of hydrogen-bond donors (Lipinski definition) is 2. The van der Waals surface area contributed by atoms with E-state index in [2.05, 4.69) is 10.6 Å². The number of hydrogen-bond acceptors (Lipinski definition) is 5. The number of nitrogens with one attached hydrogen (secondary N) is 2. The zero-order valence-corrected chi connectivity index (χ0v) is 20.4. The van der Waals surface area contributed by atoms with E-state index < -0.39 is 24.4 Å². The van der Waals surface area contributed by atoms with Gasteiger partial charge in [-0.2, -0.15) is 0 Å². The summed E-state index contributed by atoms with van der Waals surface area (Å²) in [6.45, 7) is 3.65. The van der Waals surface area contributed by atoms with Gasteiger partial charge in [-0.1, -0.05) is 36.4 Å². The number of amides is 4. The van der Waals surface area contributed by atoms with Gasteiger partial charge in [0.05, 0.1) is 6.61 Å². The predicted octanol–water partition coefficient (Wildman–Crippen LogP) is 4.64. The molecule has 0 saturated carbocycles. The molecule has 37 heavy (non-hydrogen) atoms. The van der Waals surface area contributed by atoms with Gasteiger partial charge in [0.25, 0.3) is 5.91 Å². The molecule has 0 aromatic heterocycles. The molecule has 0 atom stereocenters. The standard InChI is InChI=1S/C28H26FN3O5/c1-3-36-25-15-19(11-12-24(25)37-17-20-8-4-5-10-22(20)29)14-23-27(34)32(28(35)31-23)16-26(33)30-21-9-6-7-18(2)13-21/h4-15H,3,16-17H2,1-2H3,(H,30,33)(H,31,35)/b23-14+. The zero-order valence-electron chi connectivity index (χ0n) is 20.4. The van der Waals surface area contributed by atoms with E-state index >= 15 is 0 Å². The molecule has 1 aliphatic rings. The molecule has 1 aliphatic heterocycles. The van der Waals surface area contributed by atoms with Gasteiger partial charge in [0.1, 0.15) is 24.7 Å². The summed E-state index contributed by atoms with van der Waals surface area (Å²) >= 11 is 0. The van der Waals surface area contributed by atoms with E-state index in [1.807, 2.05) is 19.9 Å². The van der Waals surface area contributed by atoms with Gasteiger partial charge in [0, 0.05) is 11.3 Å². The molecule has 1 heterocycles. The normalized spacial score (nSPS) is 14.0. The fourth-order valence-corrected chi connectivity index (χ4v) is 3.72. The van der Waals surface area contributed by atoms with Crippen molar-refractivity contribution in [3.05, 3.63) is 94.9 Å². The molecule has 2 N–H and O–H groups in total. The summed E-state index contributed by atoms with van der Waals surface area (Å²) in [5.74, 6) is -0.676. The Bertz CT molecular complexity index is 1370. The number of ether oxygens (including phenoxy) is 2. The van der Waals surface area contributed by atoms with E-state index in [4.69, 9.17) is 9.47 Å². The van der Waals surface area contributed by atoms with Crippen LogP contribution in [0.15, 0.2) is 72.4 Å². The first-order valence-electron chi connectivity index (χ1n) is 11.7. The molecular formula is C28H26FN3O5. The average molecular weight is 504 g/mol. The lowest BCUT2D eigenvalue weighted by Crippen LogP contribution is -2.38. The van der Waals surface area contributed by atoms with Crippen LogP contribution in [0.2, 0.25) is 0 Å². The Hall–Kier alpha value is -4.66. The van der Waals surface area contributed by atoms with Crippen LogP contribution < -0.4 is 20.1 Å². The van der Waals surface area contributed by atoms with E-state index in [0.717, 1.165) is 10.5 Å². The second-order valence-corrected chi connectivity index (χ2v) is 8.32. The Morgan fingerprint density at radius 2 is 1.84 bits per heavy atom. The van der Waals surface area contributed by atoms with Crippen LogP contribution in [0.25, 0.3) is 6.08 Å². The summed E-state index contributed by atoms with van der Waals surface area (Å²) in [5.41, 5.74) is 2.54. The van der Waals surface area contributed by atoms with E-state index in [0.29, 0.717) is 34.9 Å². The Labute approximate surface area is 213 Å². The first-order valence-corrected chi connectivity index (χ1v) is 11.7. The minimum absolute atomic E-state index is 0.0152. The van der Waals surface area contributed by atoms with Gasteiger partial charge in [0.2, 0.25) is 5.91 Å². The van der Waals surface area contributed by atoms with E-state index in [-0.39, 0.29) is 18.1 Å². The number of halogens is 1. The minimum Gasteiger partial charge on any atom is -0.490 e. The van der Waals surface area contributed by atoms with Gasteiger partial charge in [-0.05, 0) is 61.4 Å². The lowest BCUT2D eigenvalue weighted by molar-refractivity contribution is -0.127. The molecule has 3 aromatic rings. The number of benzene rings is 3. The van der Waals surface area contributed by atoms with Crippen LogP contribution in [0.4, 0.5) is 14.9 Å². The van der Waals surface area contributed by atoms with Crippen LogP contribution >= 0.6 is 0 Å². The summed E-state index contributed by atoms with van der Waals surface area (Å²) in [6.07, 6.45) is 1.49. The van der Waals surface area contributed by atoms with E-state index in [9.17, 15) is 18.8 Å². The Morgan fingerprint density at radius 3 is 2.59 bits per heavy atom. The number of aryl methyl sites for hydroxylation is 1. The fourth-order valence-electron chi connectivity index (χ4n) is 3.72. The highest BCUT2D eigenvalue weighted by Gasteiger charge is 2.35. The first-order chi connectivity index (χ1) is 17.8. The van der Waals surface area contributed by atoms with Crippen LogP contribution in [0.1, 0.15) is 23.6 Å². The van der Waals surface area contributed by atoms with E-state index in [1.54, 1.807) is 54.6 Å². The molecule has 9 heteroatoms. The van der Waals surface area contributed by atoms with Crippen molar-refractivity contribution in [3.63, 3.8) is 0 Å². The number of carbonyl (C=O) groups is 3. The summed E-state index contributed by atoms with van der Waals surface area (Å²) in [7, 11) is 0. The van der Waals surface area contributed by atoms with Crippen molar-refractivity contribution in [2.24, 2.45) is 0 Å². The molecular weight excluding hydrogens is 477 g/mol. The quantitative estimate of drug-likeness (QED) is 0.328.